The molecule has 0 radical (unpaired) electrons. The summed E-state index contributed by atoms with van der Waals surface area (Å²) in [6.07, 6.45) is 4.18. The van der Waals surface area contributed by atoms with Crippen LogP contribution in [-0.4, -0.2) is 53.7 Å². The maximum atomic E-state index is 13.2. The van der Waals surface area contributed by atoms with Gasteiger partial charge in [0.05, 0.1) is 0 Å². The normalized spacial score (nSPS) is 23.4. The van der Waals surface area contributed by atoms with Crippen molar-refractivity contribution >= 4 is 18.0 Å². The second-order valence-electron chi connectivity index (χ2n) is 9.89. The molecule has 1 heterocycles. The van der Waals surface area contributed by atoms with E-state index in [9.17, 15) is 19.5 Å². The molecule has 184 valence electrons. The SMILES string of the molecule is O=C(NC[C@@H]1CCC[C@@H]1C(=O)N1CCCCC1C(=O)O)OCC1c2ccccc2-c2ccccc21. The quantitative estimate of drug-likeness (QED) is 0.644. The molecule has 1 saturated heterocycles. The average Bonchev–Trinajstić information content (AvgIpc) is 3.48. The van der Waals surface area contributed by atoms with Crippen LogP contribution in [0.25, 0.3) is 11.1 Å². The highest BCUT2D eigenvalue weighted by molar-refractivity contribution is 5.86. The molecule has 2 N–H and O–H groups in total. The van der Waals surface area contributed by atoms with Crippen molar-refractivity contribution in [1.82, 2.24) is 10.2 Å². The lowest BCUT2D eigenvalue weighted by atomic mass is 9.92. The van der Waals surface area contributed by atoms with Gasteiger partial charge < -0.3 is 20.1 Å². The summed E-state index contributed by atoms with van der Waals surface area (Å²) in [6, 6.07) is 15.7. The van der Waals surface area contributed by atoms with E-state index in [0.717, 1.165) is 43.2 Å². The predicted octanol–water partition coefficient (Wildman–Crippen LogP) is 4.41. The van der Waals surface area contributed by atoms with E-state index in [1.165, 1.54) is 11.1 Å². The van der Waals surface area contributed by atoms with E-state index in [1.54, 1.807) is 4.90 Å². The Morgan fingerprint density at radius 3 is 2.29 bits per heavy atom. The van der Waals surface area contributed by atoms with Crippen molar-refractivity contribution in [2.24, 2.45) is 11.8 Å². The number of ether oxygens (including phenoxy) is 1. The second-order valence-corrected chi connectivity index (χ2v) is 9.89. The first-order valence-corrected chi connectivity index (χ1v) is 12.7. The van der Waals surface area contributed by atoms with E-state index in [2.05, 4.69) is 29.6 Å². The maximum Gasteiger partial charge on any atom is 0.407 e. The van der Waals surface area contributed by atoms with Crippen LogP contribution in [0.3, 0.4) is 0 Å². The number of fused-ring (bicyclic) bond motifs is 3. The van der Waals surface area contributed by atoms with Crippen molar-refractivity contribution < 1.29 is 24.2 Å². The van der Waals surface area contributed by atoms with Gasteiger partial charge in [-0.1, -0.05) is 55.0 Å². The number of rotatable bonds is 6. The molecule has 35 heavy (non-hydrogen) atoms. The topological polar surface area (TPSA) is 95.9 Å². The minimum atomic E-state index is -0.927. The first-order valence-electron chi connectivity index (χ1n) is 12.7. The van der Waals surface area contributed by atoms with Gasteiger partial charge in [-0.15, -0.1) is 0 Å². The first kappa shape index (κ1) is 23.4. The Labute approximate surface area is 205 Å². The largest absolute Gasteiger partial charge is 0.480 e. The molecule has 0 aromatic heterocycles. The number of carbonyl (C=O) groups excluding carboxylic acids is 2. The molecule has 5 rings (SSSR count). The van der Waals surface area contributed by atoms with Crippen LogP contribution in [0.5, 0.6) is 0 Å². The summed E-state index contributed by atoms with van der Waals surface area (Å²) >= 11 is 0. The van der Waals surface area contributed by atoms with Crippen molar-refractivity contribution in [3.05, 3.63) is 59.7 Å². The lowest BCUT2D eigenvalue weighted by molar-refractivity contribution is -0.154. The van der Waals surface area contributed by atoms with Crippen molar-refractivity contribution in [3.8, 4) is 11.1 Å². The van der Waals surface area contributed by atoms with Crippen molar-refractivity contribution in [3.63, 3.8) is 0 Å². The smallest absolute Gasteiger partial charge is 0.407 e. The predicted molar refractivity (Wildman–Crippen MR) is 131 cm³/mol. The zero-order valence-corrected chi connectivity index (χ0v) is 19.8. The van der Waals surface area contributed by atoms with Gasteiger partial charge in [-0.2, -0.15) is 0 Å². The van der Waals surface area contributed by atoms with Gasteiger partial charge in [-0.05, 0) is 60.3 Å². The lowest BCUT2D eigenvalue weighted by Gasteiger charge is -2.36. The van der Waals surface area contributed by atoms with Crippen LogP contribution >= 0.6 is 0 Å². The van der Waals surface area contributed by atoms with Gasteiger partial charge in [-0.3, -0.25) is 4.79 Å². The lowest BCUT2D eigenvalue weighted by Crippen LogP contribution is -2.51. The molecular formula is C28H32N2O5. The summed E-state index contributed by atoms with van der Waals surface area (Å²) in [5, 5.41) is 12.4. The Balaban J connectivity index is 1.17. The number of nitrogens with zero attached hydrogens (tertiary/aromatic N) is 1. The number of likely N-dealkylation sites (tertiary alicyclic amines) is 1. The van der Waals surface area contributed by atoms with Crippen LogP contribution in [-0.2, 0) is 14.3 Å². The fourth-order valence-electron chi connectivity index (χ4n) is 6.14. The molecule has 7 heteroatoms. The highest BCUT2D eigenvalue weighted by Crippen LogP contribution is 2.44. The number of amides is 2. The monoisotopic (exact) mass is 476 g/mol. The van der Waals surface area contributed by atoms with E-state index < -0.39 is 18.1 Å². The van der Waals surface area contributed by atoms with Gasteiger partial charge >= 0.3 is 12.1 Å². The number of alkyl carbamates (subject to hydrolysis) is 1. The Morgan fingerprint density at radius 1 is 0.914 bits per heavy atom. The third-order valence-corrected chi connectivity index (χ3v) is 7.90. The summed E-state index contributed by atoms with van der Waals surface area (Å²) in [5.74, 6) is -1.25. The average molecular weight is 477 g/mol. The van der Waals surface area contributed by atoms with E-state index in [1.807, 2.05) is 24.3 Å². The third-order valence-electron chi connectivity index (χ3n) is 7.90. The number of hydrogen-bond donors (Lipinski definition) is 2. The number of piperidine rings is 1. The summed E-state index contributed by atoms with van der Waals surface area (Å²) in [5.41, 5.74) is 4.69. The number of nitrogens with one attached hydrogen (secondary N) is 1. The third kappa shape index (κ3) is 4.64. The molecule has 2 fully saturated rings. The minimum Gasteiger partial charge on any atom is -0.480 e. The highest BCUT2D eigenvalue weighted by Gasteiger charge is 2.40. The minimum absolute atomic E-state index is 0.000598. The summed E-state index contributed by atoms with van der Waals surface area (Å²) in [6.45, 7) is 1.11. The van der Waals surface area contributed by atoms with Gasteiger partial charge in [0.15, 0.2) is 0 Å². The first-order chi connectivity index (χ1) is 17.0. The van der Waals surface area contributed by atoms with Gasteiger partial charge in [0.25, 0.3) is 0 Å². The van der Waals surface area contributed by atoms with E-state index in [0.29, 0.717) is 19.5 Å². The molecule has 2 aliphatic carbocycles. The Hall–Kier alpha value is -3.35. The van der Waals surface area contributed by atoms with E-state index >= 15 is 0 Å². The molecule has 1 unspecified atom stereocenters. The van der Waals surface area contributed by atoms with Crippen LogP contribution in [0.2, 0.25) is 0 Å². The molecule has 2 aromatic carbocycles. The number of carboxylic acid groups (broad SMARTS) is 1. The molecular weight excluding hydrogens is 444 g/mol. The number of carboxylic acids is 1. The molecule has 0 bridgehead atoms. The molecule has 1 saturated carbocycles. The van der Waals surface area contributed by atoms with E-state index in [4.69, 9.17) is 4.74 Å². The van der Waals surface area contributed by atoms with Crippen molar-refractivity contribution in [2.75, 3.05) is 19.7 Å². The number of benzene rings is 2. The Morgan fingerprint density at radius 2 is 1.60 bits per heavy atom. The molecule has 7 nitrogen and oxygen atoms in total. The Kier molecular flexibility index (Phi) is 6.75. The molecule has 1 aliphatic heterocycles. The highest BCUT2D eigenvalue weighted by atomic mass is 16.5. The van der Waals surface area contributed by atoms with Gasteiger partial charge in [0.1, 0.15) is 12.6 Å². The van der Waals surface area contributed by atoms with Crippen molar-refractivity contribution in [1.29, 1.82) is 0 Å². The molecule has 0 spiro atoms. The fourth-order valence-corrected chi connectivity index (χ4v) is 6.14. The Bertz CT molecular complexity index is 1070. The van der Waals surface area contributed by atoms with Gasteiger partial charge in [-0.25, -0.2) is 9.59 Å². The number of aliphatic carboxylic acids is 1. The standard InChI is InChI=1S/C28H32N2O5/c31-26(30-15-6-5-14-25(30)27(32)33)19-13-7-8-18(19)16-29-28(34)35-17-24-22-11-3-1-9-20(22)21-10-2-4-12-23(21)24/h1-4,9-12,18-19,24-25H,5-8,13-17H2,(H,29,34)(H,32,33)/t18-,19-,25?/m0/s1. The van der Waals surface area contributed by atoms with Crippen LogP contribution in [0.15, 0.2) is 48.5 Å². The van der Waals surface area contributed by atoms with E-state index in [-0.39, 0.29) is 30.3 Å². The van der Waals surface area contributed by atoms with Crippen LogP contribution in [0, 0.1) is 11.8 Å². The summed E-state index contributed by atoms with van der Waals surface area (Å²) in [7, 11) is 0. The number of hydrogen-bond acceptors (Lipinski definition) is 4. The summed E-state index contributed by atoms with van der Waals surface area (Å²) in [4.78, 5) is 39.0. The zero-order valence-electron chi connectivity index (χ0n) is 19.8. The molecule has 3 aliphatic rings. The summed E-state index contributed by atoms with van der Waals surface area (Å²) < 4.78 is 5.64. The number of carbonyl (C=O) groups is 3. The molecule has 3 atom stereocenters. The maximum absolute atomic E-state index is 13.2. The fraction of sp³-hybridized carbons (Fsp3) is 0.464. The van der Waals surface area contributed by atoms with Gasteiger partial charge in [0.2, 0.25) is 5.91 Å². The van der Waals surface area contributed by atoms with Crippen LogP contribution < -0.4 is 5.32 Å². The second kappa shape index (κ2) is 10.1. The van der Waals surface area contributed by atoms with Crippen LogP contribution in [0.4, 0.5) is 4.79 Å². The van der Waals surface area contributed by atoms with Crippen molar-refractivity contribution in [2.45, 2.75) is 50.5 Å². The molecule has 2 amide bonds. The zero-order chi connectivity index (χ0) is 24.4. The van der Waals surface area contributed by atoms with Gasteiger partial charge in [0, 0.05) is 24.9 Å². The molecule has 2 aromatic rings. The van der Waals surface area contributed by atoms with Crippen LogP contribution in [0.1, 0.15) is 55.6 Å².